The van der Waals surface area contributed by atoms with Crippen molar-refractivity contribution in [1.82, 2.24) is 4.98 Å². The Labute approximate surface area is 219 Å². The van der Waals surface area contributed by atoms with Crippen LogP contribution in [-0.2, 0) is 11.0 Å². The van der Waals surface area contributed by atoms with E-state index in [0.717, 1.165) is 47.2 Å². The number of hydrogen-bond donors (Lipinski definition) is 1. The van der Waals surface area contributed by atoms with Crippen LogP contribution in [0.4, 0.5) is 24.5 Å². The average Bonchev–Trinajstić information content (AvgIpc) is 3.46. The van der Waals surface area contributed by atoms with Crippen molar-refractivity contribution >= 4 is 33.6 Å². The molecule has 0 radical (unpaired) electrons. The maximum atomic E-state index is 13.1. The molecule has 1 fully saturated rings. The van der Waals surface area contributed by atoms with Crippen molar-refractivity contribution in [3.05, 3.63) is 120 Å². The molecule has 0 unspecified atom stereocenters. The number of amides is 1. The number of anilines is 2. The molecule has 4 nitrogen and oxygen atoms in total. The first-order valence-corrected chi connectivity index (χ1v) is 12.4. The lowest BCUT2D eigenvalue weighted by Crippen LogP contribution is -2.17. The van der Waals surface area contributed by atoms with Crippen molar-refractivity contribution in [1.29, 1.82) is 0 Å². The van der Waals surface area contributed by atoms with E-state index in [1.807, 2.05) is 48.5 Å². The molecule has 7 heteroatoms. The number of nitrogens with one attached hydrogen (secondary N) is 1. The highest BCUT2D eigenvalue weighted by Crippen LogP contribution is 2.32. The first kappa shape index (κ1) is 25.3. The van der Waals surface area contributed by atoms with Crippen molar-refractivity contribution < 1.29 is 18.0 Å². The van der Waals surface area contributed by atoms with E-state index in [9.17, 15) is 18.0 Å². The van der Waals surface area contributed by atoms with Gasteiger partial charge in [0.1, 0.15) is 0 Å². The van der Waals surface area contributed by atoms with E-state index in [1.165, 1.54) is 31.1 Å². The van der Waals surface area contributed by atoms with Gasteiger partial charge in [0.2, 0.25) is 5.91 Å². The summed E-state index contributed by atoms with van der Waals surface area (Å²) >= 11 is 0. The standard InChI is InChI=1S/C31H26F3N3O/c32-31(33,34)25-13-9-22(10-14-25)27(23-11-15-26(16-12-23)37-19-1-2-20-37)6-4-8-30(38)36-29-7-3-5-24-21-35-18-17-28(24)29/h3-18,21H,1-2,19-20H2,(H,36,38)/b8-4+,27-6-. The van der Waals surface area contributed by atoms with Crippen molar-refractivity contribution in [3.63, 3.8) is 0 Å². The van der Waals surface area contributed by atoms with E-state index >= 15 is 0 Å². The topological polar surface area (TPSA) is 45.2 Å². The third kappa shape index (κ3) is 5.78. The van der Waals surface area contributed by atoms with Crippen LogP contribution in [0.25, 0.3) is 16.3 Å². The smallest absolute Gasteiger partial charge is 0.372 e. The molecule has 1 N–H and O–H groups in total. The van der Waals surface area contributed by atoms with Gasteiger partial charge in [-0.25, -0.2) is 0 Å². The second kappa shape index (κ2) is 10.9. The average molecular weight is 514 g/mol. The molecule has 2 heterocycles. The molecule has 0 spiro atoms. The Morgan fingerprint density at radius 1 is 0.895 bits per heavy atom. The summed E-state index contributed by atoms with van der Waals surface area (Å²) in [7, 11) is 0. The molecule has 3 aromatic carbocycles. The number of carbonyl (C=O) groups excluding carboxylic acids is 1. The van der Waals surface area contributed by atoms with Gasteiger partial charge in [-0.05, 0) is 65.9 Å². The summed E-state index contributed by atoms with van der Waals surface area (Å²) in [6.07, 6.45) is 6.10. The molecule has 1 aliphatic heterocycles. The highest BCUT2D eigenvalue weighted by Gasteiger charge is 2.30. The van der Waals surface area contributed by atoms with Gasteiger partial charge in [0.05, 0.1) is 5.56 Å². The minimum absolute atomic E-state index is 0.318. The van der Waals surface area contributed by atoms with Crippen molar-refractivity contribution in [3.8, 4) is 0 Å². The summed E-state index contributed by atoms with van der Waals surface area (Å²) in [6, 6.07) is 20.5. The third-order valence-electron chi connectivity index (χ3n) is 6.62. The number of aromatic nitrogens is 1. The van der Waals surface area contributed by atoms with Crippen LogP contribution in [0.5, 0.6) is 0 Å². The fourth-order valence-electron chi connectivity index (χ4n) is 4.66. The van der Waals surface area contributed by atoms with E-state index < -0.39 is 11.7 Å². The van der Waals surface area contributed by atoms with Gasteiger partial charge < -0.3 is 10.2 Å². The molecule has 5 rings (SSSR count). The van der Waals surface area contributed by atoms with E-state index in [0.29, 0.717) is 16.8 Å². The molecule has 4 aromatic rings. The Bertz CT molecular complexity index is 1480. The highest BCUT2D eigenvalue weighted by atomic mass is 19.4. The minimum atomic E-state index is -4.41. The zero-order chi connectivity index (χ0) is 26.5. The molecule has 0 aliphatic carbocycles. The van der Waals surface area contributed by atoms with E-state index in [4.69, 9.17) is 0 Å². The van der Waals surface area contributed by atoms with Gasteiger partial charge in [-0.3, -0.25) is 9.78 Å². The number of hydrogen-bond acceptors (Lipinski definition) is 3. The SMILES string of the molecule is O=C(/C=C/C=C(\c1ccc(N2CCCC2)cc1)c1ccc(C(F)(F)F)cc1)Nc1cccc2cnccc12. The predicted octanol–water partition coefficient (Wildman–Crippen LogP) is 7.48. The zero-order valence-electron chi connectivity index (χ0n) is 20.6. The molecular formula is C31H26F3N3O. The summed E-state index contributed by atoms with van der Waals surface area (Å²) < 4.78 is 39.4. The van der Waals surface area contributed by atoms with Crippen LogP contribution in [0.15, 0.2) is 103 Å². The van der Waals surface area contributed by atoms with Gasteiger partial charge in [-0.1, -0.05) is 48.6 Å². The first-order chi connectivity index (χ1) is 18.4. The van der Waals surface area contributed by atoms with Crippen LogP contribution in [0, 0.1) is 0 Å². The molecule has 1 amide bonds. The Hall–Kier alpha value is -4.39. The fraction of sp³-hybridized carbons (Fsp3) is 0.161. The lowest BCUT2D eigenvalue weighted by atomic mass is 9.96. The molecule has 0 atom stereocenters. The van der Waals surface area contributed by atoms with Crippen molar-refractivity contribution in [2.24, 2.45) is 0 Å². The molecule has 1 aliphatic rings. The summed E-state index contributed by atoms with van der Waals surface area (Å²) in [5.74, 6) is -0.318. The minimum Gasteiger partial charge on any atom is -0.372 e. The number of rotatable bonds is 6. The number of halogens is 3. The molecule has 1 saturated heterocycles. The second-order valence-electron chi connectivity index (χ2n) is 9.15. The Kier molecular flexibility index (Phi) is 7.26. The monoisotopic (exact) mass is 513 g/mol. The number of benzene rings is 3. The molecule has 0 bridgehead atoms. The number of pyridine rings is 1. The lowest BCUT2D eigenvalue weighted by Gasteiger charge is -2.18. The summed E-state index contributed by atoms with van der Waals surface area (Å²) in [5.41, 5.74) is 3.28. The van der Waals surface area contributed by atoms with Gasteiger partial charge in [-0.15, -0.1) is 0 Å². The van der Waals surface area contributed by atoms with Gasteiger partial charge in [0, 0.05) is 53.7 Å². The molecular weight excluding hydrogens is 487 g/mol. The summed E-state index contributed by atoms with van der Waals surface area (Å²) in [6.45, 7) is 2.04. The van der Waals surface area contributed by atoms with Crippen molar-refractivity contribution in [2.75, 3.05) is 23.3 Å². The van der Waals surface area contributed by atoms with Gasteiger partial charge in [0.25, 0.3) is 0 Å². The largest absolute Gasteiger partial charge is 0.416 e. The van der Waals surface area contributed by atoms with Crippen LogP contribution in [-0.4, -0.2) is 24.0 Å². The van der Waals surface area contributed by atoms with E-state index in [1.54, 1.807) is 24.5 Å². The van der Waals surface area contributed by atoms with Crippen LogP contribution in [0.3, 0.4) is 0 Å². The molecule has 192 valence electrons. The Balaban J connectivity index is 1.41. The quantitative estimate of drug-likeness (QED) is 0.215. The lowest BCUT2D eigenvalue weighted by molar-refractivity contribution is -0.137. The predicted molar refractivity (Wildman–Crippen MR) is 146 cm³/mol. The van der Waals surface area contributed by atoms with E-state index in [-0.39, 0.29) is 5.91 Å². The van der Waals surface area contributed by atoms with E-state index in [2.05, 4.69) is 15.2 Å². The first-order valence-electron chi connectivity index (χ1n) is 12.4. The van der Waals surface area contributed by atoms with Crippen LogP contribution < -0.4 is 10.2 Å². The fourth-order valence-corrected chi connectivity index (χ4v) is 4.66. The maximum absolute atomic E-state index is 13.1. The Morgan fingerprint density at radius 3 is 2.26 bits per heavy atom. The number of fused-ring (bicyclic) bond motifs is 1. The Morgan fingerprint density at radius 2 is 1.58 bits per heavy atom. The number of allylic oxidation sites excluding steroid dienone is 2. The van der Waals surface area contributed by atoms with Gasteiger partial charge in [0.15, 0.2) is 0 Å². The normalized spacial score (nSPS) is 14.4. The van der Waals surface area contributed by atoms with Crippen LogP contribution >= 0.6 is 0 Å². The van der Waals surface area contributed by atoms with Crippen LogP contribution in [0.1, 0.15) is 29.5 Å². The van der Waals surface area contributed by atoms with Crippen molar-refractivity contribution in [2.45, 2.75) is 19.0 Å². The molecule has 0 saturated carbocycles. The highest BCUT2D eigenvalue weighted by molar-refractivity contribution is 6.06. The summed E-state index contributed by atoms with van der Waals surface area (Å²) in [5, 5.41) is 4.68. The molecule has 1 aromatic heterocycles. The number of alkyl halides is 3. The second-order valence-corrected chi connectivity index (χ2v) is 9.15. The summed E-state index contributed by atoms with van der Waals surface area (Å²) in [4.78, 5) is 19.1. The zero-order valence-corrected chi connectivity index (χ0v) is 20.6. The third-order valence-corrected chi connectivity index (χ3v) is 6.62. The van der Waals surface area contributed by atoms with Gasteiger partial charge in [-0.2, -0.15) is 13.2 Å². The van der Waals surface area contributed by atoms with Gasteiger partial charge >= 0.3 is 6.18 Å². The molecule has 38 heavy (non-hydrogen) atoms. The number of carbonyl (C=O) groups is 1. The number of nitrogens with zero attached hydrogens (tertiary/aromatic N) is 2. The van der Waals surface area contributed by atoms with Crippen LogP contribution in [0.2, 0.25) is 0 Å². The maximum Gasteiger partial charge on any atom is 0.416 e.